The molecule has 0 amide bonds. The Morgan fingerprint density at radius 1 is 1.53 bits per heavy atom. The molecule has 1 aromatic heterocycles. The molecule has 0 N–H and O–H groups in total. The Labute approximate surface area is 88.6 Å². The van der Waals surface area contributed by atoms with Crippen molar-refractivity contribution in [1.29, 1.82) is 0 Å². The van der Waals surface area contributed by atoms with E-state index in [0.29, 0.717) is 28.8 Å². The fourth-order valence-electron chi connectivity index (χ4n) is 1.03. The maximum atomic E-state index is 5.34. The zero-order chi connectivity index (χ0) is 11.3. The van der Waals surface area contributed by atoms with Crippen LogP contribution in [-0.2, 0) is 4.74 Å². The number of ether oxygens (including phenoxy) is 2. The lowest BCUT2D eigenvalue weighted by Crippen LogP contribution is -2.29. The second kappa shape index (κ2) is 5.14. The van der Waals surface area contributed by atoms with Crippen LogP contribution in [0.25, 0.3) is 12.7 Å². The number of aromatic nitrogens is 2. The molecule has 0 radical (unpaired) electrons. The first-order valence-electron chi connectivity index (χ1n) is 4.56. The van der Waals surface area contributed by atoms with Crippen molar-refractivity contribution in [3.63, 3.8) is 0 Å². The summed E-state index contributed by atoms with van der Waals surface area (Å²) in [7, 11) is 1.55. The van der Waals surface area contributed by atoms with Crippen LogP contribution in [0.3, 0.4) is 0 Å². The molecule has 0 saturated carbocycles. The molecule has 0 spiro atoms. The summed E-state index contributed by atoms with van der Waals surface area (Å²) < 4.78 is 10.3. The minimum Gasteiger partial charge on any atom is -0.497 e. The quantitative estimate of drug-likeness (QED) is 0.661. The van der Waals surface area contributed by atoms with Gasteiger partial charge in [0.1, 0.15) is 12.1 Å². The van der Waals surface area contributed by atoms with Gasteiger partial charge in [-0.05, 0) is 13.0 Å². The molecule has 1 aromatic rings. The number of hydrogen-bond acceptors (Lipinski definition) is 4. The number of methoxy groups -OCH3 is 1. The molecule has 0 fully saturated rings. The summed E-state index contributed by atoms with van der Waals surface area (Å²) in [4.78, 5) is 7.99. The van der Waals surface area contributed by atoms with E-state index in [2.05, 4.69) is 23.1 Å². The molecule has 0 atom stereocenters. The standard InChI is InChI=1S/C11H14N2O2/c1-5-15-11-10(6-8(2)14-4)9(3)12-7-13-11/h6-7H,2-3,5H2,1,4H3/b10-6+. The molecule has 0 aliphatic heterocycles. The average molecular weight is 206 g/mol. The Balaban J connectivity index is 3.30. The van der Waals surface area contributed by atoms with E-state index in [-0.39, 0.29) is 0 Å². The lowest BCUT2D eigenvalue weighted by atomic mass is 10.3. The zero-order valence-corrected chi connectivity index (χ0v) is 8.99. The zero-order valence-electron chi connectivity index (χ0n) is 8.99. The molecule has 0 unspecified atom stereocenters. The predicted octanol–water partition coefficient (Wildman–Crippen LogP) is 0.226. The first-order valence-corrected chi connectivity index (χ1v) is 4.56. The van der Waals surface area contributed by atoms with Crippen molar-refractivity contribution in [2.75, 3.05) is 13.7 Å². The molecular formula is C11H14N2O2. The molecule has 0 bridgehead atoms. The van der Waals surface area contributed by atoms with Crippen molar-refractivity contribution in [3.05, 3.63) is 29.2 Å². The van der Waals surface area contributed by atoms with Crippen LogP contribution in [0.1, 0.15) is 6.92 Å². The average Bonchev–Trinajstić information content (AvgIpc) is 2.23. The Hall–Kier alpha value is -1.84. The van der Waals surface area contributed by atoms with E-state index < -0.39 is 0 Å². The van der Waals surface area contributed by atoms with E-state index >= 15 is 0 Å². The van der Waals surface area contributed by atoms with Crippen molar-refractivity contribution in [2.24, 2.45) is 0 Å². The number of hydrogen-bond donors (Lipinski definition) is 0. The van der Waals surface area contributed by atoms with E-state index in [4.69, 9.17) is 9.47 Å². The van der Waals surface area contributed by atoms with Crippen molar-refractivity contribution in [1.82, 2.24) is 9.97 Å². The molecule has 15 heavy (non-hydrogen) atoms. The van der Waals surface area contributed by atoms with Crippen LogP contribution in [-0.4, -0.2) is 23.7 Å². The maximum absolute atomic E-state index is 5.34. The fourth-order valence-corrected chi connectivity index (χ4v) is 1.03. The van der Waals surface area contributed by atoms with Gasteiger partial charge in [-0.3, -0.25) is 0 Å². The highest BCUT2D eigenvalue weighted by molar-refractivity contribution is 5.43. The van der Waals surface area contributed by atoms with Gasteiger partial charge >= 0.3 is 0 Å². The summed E-state index contributed by atoms with van der Waals surface area (Å²) >= 11 is 0. The van der Waals surface area contributed by atoms with E-state index in [1.54, 1.807) is 13.2 Å². The maximum Gasteiger partial charge on any atom is 0.224 e. The van der Waals surface area contributed by atoms with Gasteiger partial charge in [0.05, 0.1) is 24.3 Å². The van der Waals surface area contributed by atoms with Crippen LogP contribution in [0, 0.1) is 0 Å². The Bertz CT molecular complexity index is 454. The summed E-state index contributed by atoms with van der Waals surface area (Å²) in [5.74, 6) is 1.01. The van der Waals surface area contributed by atoms with Gasteiger partial charge in [-0.25, -0.2) is 9.97 Å². The normalized spacial score (nSPS) is 11.2. The molecule has 1 heterocycles. The summed E-state index contributed by atoms with van der Waals surface area (Å²) in [5.41, 5.74) is 0. The molecular weight excluding hydrogens is 192 g/mol. The smallest absolute Gasteiger partial charge is 0.224 e. The molecule has 1 rings (SSSR count). The van der Waals surface area contributed by atoms with Crippen molar-refractivity contribution < 1.29 is 9.47 Å². The van der Waals surface area contributed by atoms with Crippen LogP contribution in [0.15, 0.2) is 18.7 Å². The van der Waals surface area contributed by atoms with Gasteiger partial charge in [0.2, 0.25) is 5.88 Å². The van der Waals surface area contributed by atoms with Crippen LogP contribution in [0.4, 0.5) is 0 Å². The van der Waals surface area contributed by atoms with Gasteiger partial charge in [0, 0.05) is 0 Å². The highest BCUT2D eigenvalue weighted by Gasteiger charge is 1.99. The third kappa shape index (κ3) is 2.80. The second-order valence-electron chi connectivity index (χ2n) is 2.79. The molecule has 0 saturated heterocycles. The van der Waals surface area contributed by atoms with Crippen LogP contribution in [0.2, 0.25) is 0 Å². The van der Waals surface area contributed by atoms with Crippen molar-refractivity contribution in [3.8, 4) is 5.88 Å². The first-order chi connectivity index (χ1) is 7.19. The topological polar surface area (TPSA) is 44.2 Å². The minimum absolute atomic E-state index is 0.496. The first kappa shape index (κ1) is 11.2. The summed E-state index contributed by atoms with van der Waals surface area (Å²) in [6.07, 6.45) is 3.12. The third-order valence-corrected chi connectivity index (χ3v) is 1.78. The van der Waals surface area contributed by atoms with Gasteiger partial charge in [-0.2, -0.15) is 0 Å². The van der Waals surface area contributed by atoms with Gasteiger partial charge in [-0.15, -0.1) is 0 Å². The van der Waals surface area contributed by atoms with E-state index in [0.717, 1.165) is 0 Å². The lowest BCUT2D eigenvalue weighted by molar-refractivity contribution is 0.312. The number of rotatable bonds is 4. The highest BCUT2D eigenvalue weighted by Crippen LogP contribution is 1.96. The molecule has 0 aliphatic rings. The van der Waals surface area contributed by atoms with Gasteiger partial charge in [-0.1, -0.05) is 13.2 Å². The van der Waals surface area contributed by atoms with E-state index in [9.17, 15) is 0 Å². The van der Waals surface area contributed by atoms with Crippen LogP contribution < -0.4 is 15.3 Å². The van der Waals surface area contributed by atoms with E-state index in [1.165, 1.54) is 6.33 Å². The molecule has 4 nitrogen and oxygen atoms in total. The SMILES string of the molecule is C=C(/C=c1/c(OCC)ncnc1=C)OC. The molecule has 0 aliphatic carbocycles. The Morgan fingerprint density at radius 3 is 2.87 bits per heavy atom. The fraction of sp³-hybridized carbons (Fsp3) is 0.273. The second-order valence-corrected chi connectivity index (χ2v) is 2.79. The van der Waals surface area contributed by atoms with Crippen molar-refractivity contribution >= 4 is 12.7 Å². The van der Waals surface area contributed by atoms with Gasteiger partial charge < -0.3 is 9.47 Å². The number of allylic oxidation sites excluding steroid dienone is 1. The van der Waals surface area contributed by atoms with E-state index in [1.807, 2.05) is 6.92 Å². The number of nitrogens with zero attached hydrogens (tertiary/aromatic N) is 2. The molecule has 80 valence electrons. The van der Waals surface area contributed by atoms with Gasteiger partial charge in [0.15, 0.2) is 0 Å². The van der Waals surface area contributed by atoms with Gasteiger partial charge in [0.25, 0.3) is 0 Å². The Morgan fingerprint density at radius 2 is 2.27 bits per heavy atom. The summed E-state index contributed by atoms with van der Waals surface area (Å²) in [6.45, 7) is 9.91. The predicted molar refractivity (Wildman–Crippen MR) is 58.6 cm³/mol. The molecule has 0 aromatic carbocycles. The third-order valence-electron chi connectivity index (χ3n) is 1.78. The largest absolute Gasteiger partial charge is 0.497 e. The monoisotopic (exact) mass is 206 g/mol. The summed E-state index contributed by atoms with van der Waals surface area (Å²) in [5, 5.41) is 1.29. The van der Waals surface area contributed by atoms with Crippen molar-refractivity contribution in [2.45, 2.75) is 6.92 Å². The minimum atomic E-state index is 0.496. The molecule has 4 heteroatoms. The summed E-state index contributed by atoms with van der Waals surface area (Å²) in [6, 6.07) is 0. The Kier molecular flexibility index (Phi) is 3.85. The highest BCUT2D eigenvalue weighted by atomic mass is 16.5. The van der Waals surface area contributed by atoms with Crippen LogP contribution in [0.5, 0.6) is 5.88 Å². The van der Waals surface area contributed by atoms with Crippen LogP contribution >= 0.6 is 0 Å². The lowest BCUT2D eigenvalue weighted by Gasteiger charge is -2.03.